The molecule has 0 spiro atoms. The zero-order valence-electron chi connectivity index (χ0n) is 21.9. The Morgan fingerprint density at radius 1 is 1.06 bits per heavy atom. The van der Waals surface area contributed by atoms with E-state index in [9.17, 15) is 25.9 Å². The number of rotatable bonds is 7. The van der Waals surface area contributed by atoms with Crippen molar-refractivity contribution in [3.05, 3.63) is 82.5 Å². The van der Waals surface area contributed by atoms with Gasteiger partial charge in [0.05, 0.1) is 10.6 Å². The summed E-state index contributed by atoms with van der Waals surface area (Å²) in [4.78, 5) is 3.02. The molecule has 0 fully saturated rings. The number of allylic oxidation sites excluding steroid dienone is 5. The molecule has 188 valence electrons. The average Bonchev–Trinajstić information content (AvgIpc) is 2.76. The minimum absolute atomic E-state index is 0. The summed E-state index contributed by atoms with van der Waals surface area (Å²) >= 11 is 0. The van der Waals surface area contributed by atoms with Crippen LogP contribution in [-0.2, 0) is 20.2 Å². The Balaban J connectivity index is 0.00000342. The summed E-state index contributed by atoms with van der Waals surface area (Å²) in [6.45, 7) is 9.00. The maximum absolute atomic E-state index is 12.3. The molecule has 1 aliphatic rings. The maximum Gasteiger partial charge on any atom is 1.00 e. The molecule has 0 aliphatic heterocycles. The summed E-state index contributed by atoms with van der Waals surface area (Å²) in [5, 5.41) is 3.25. The van der Waals surface area contributed by atoms with E-state index in [1.807, 2.05) is 58.0 Å². The van der Waals surface area contributed by atoms with E-state index < -0.39 is 30.0 Å². The molecule has 0 radical (unpaired) electrons. The smallest absolute Gasteiger partial charge is 1.00 e. The van der Waals surface area contributed by atoms with Crippen molar-refractivity contribution < 1.29 is 56.9 Å². The molecule has 36 heavy (non-hydrogen) atoms. The second-order valence-corrected chi connectivity index (χ2v) is 10.8. The number of aliphatic imine (C=N–C) groups is 1. The maximum atomic E-state index is 12.3. The number of hydrogen-bond acceptors (Lipinski definition) is 7. The largest absolute Gasteiger partial charge is 1.00 e. The van der Waals surface area contributed by atoms with Gasteiger partial charge in [0.25, 0.3) is 10.1 Å². The molecule has 2 aromatic rings. The van der Waals surface area contributed by atoms with Gasteiger partial charge in [-0.3, -0.25) is 9.55 Å². The normalized spacial score (nSPS) is 16.4. The van der Waals surface area contributed by atoms with Gasteiger partial charge in [0.1, 0.15) is 15.0 Å². The Hall–Kier alpha value is -2.05. The fourth-order valence-corrected chi connectivity index (χ4v) is 5.22. The monoisotopic (exact) mass is 539 g/mol. The van der Waals surface area contributed by atoms with Gasteiger partial charge in [-0.05, 0) is 92.0 Å². The third-order valence-electron chi connectivity index (χ3n) is 5.49. The van der Waals surface area contributed by atoms with E-state index in [2.05, 4.69) is 10.3 Å². The summed E-state index contributed by atoms with van der Waals surface area (Å²) in [5.41, 5.74) is 5.25. The van der Waals surface area contributed by atoms with Crippen molar-refractivity contribution in [2.24, 2.45) is 4.99 Å². The van der Waals surface area contributed by atoms with E-state index >= 15 is 0 Å². The number of anilines is 1. The zero-order valence-corrected chi connectivity index (χ0v) is 24.5. The minimum Gasteiger partial charge on any atom is -1.00 e. The summed E-state index contributed by atoms with van der Waals surface area (Å²) in [6, 6.07) is 8.52. The van der Waals surface area contributed by atoms with E-state index in [4.69, 9.17) is 0 Å². The van der Waals surface area contributed by atoms with Gasteiger partial charge in [0.15, 0.2) is 0 Å². The van der Waals surface area contributed by atoms with Gasteiger partial charge in [0.2, 0.25) is 0 Å². The van der Waals surface area contributed by atoms with Gasteiger partial charge >= 0.3 is 29.6 Å². The average molecular weight is 540 g/mol. The first kappa shape index (κ1) is 30.2. The third kappa shape index (κ3) is 6.83. The molecule has 0 saturated heterocycles. The van der Waals surface area contributed by atoms with Crippen LogP contribution >= 0.6 is 0 Å². The van der Waals surface area contributed by atoms with Crippen molar-refractivity contribution in [2.45, 2.75) is 37.5 Å². The summed E-state index contributed by atoms with van der Waals surface area (Å²) in [7, 11) is -9.84. The fourth-order valence-electron chi connectivity index (χ4n) is 3.92. The number of nitrogens with zero attached hydrogens (tertiary/aromatic N) is 1. The number of hydrogen-bond donors (Lipinski definition) is 2. The molecule has 0 unspecified atom stereocenters. The molecular formula is C25H28N2NaO6S2-. The molecule has 3 rings (SSSR count). The first-order chi connectivity index (χ1) is 16.4. The molecule has 0 heterocycles. The molecule has 0 saturated carbocycles. The second kappa shape index (κ2) is 12.0. The topological polar surface area (TPSA) is 136 Å². The van der Waals surface area contributed by atoms with Crippen molar-refractivity contribution in [2.75, 3.05) is 18.4 Å². The summed E-state index contributed by atoms with van der Waals surface area (Å²) in [6.07, 6.45) is 5.46. The Labute approximate surface area is 236 Å². The van der Waals surface area contributed by atoms with Gasteiger partial charge < -0.3 is 11.3 Å². The van der Waals surface area contributed by atoms with Gasteiger partial charge in [-0.25, -0.2) is 8.42 Å². The van der Waals surface area contributed by atoms with Crippen LogP contribution in [0.15, 0.2) is 80.6 Å². The van der Waals surface area contributed by atoms with E-state index in [1.54, 1.807) is 6.08 Å². The standard InChI is InChI=1S/C25H28N2O6S2.Na.H/c1-5-26-22-11-7-18(13-16(22)3)25(19-8-12-23(27-6-2)17(4)14-19)21-10-9-20(34(28,29)30)15-24(21)35(31,32)33;;/h7-15,26H,5-6H2,1-4H3,(H,28,29,30)(H,31,32,33);;/q;+1;-1/p-1. The molecule has 0 amide bonds. The molecule has 2 aromatic carbocycles. The van der Waals surface area contributed by atoms with Gasteiger partial charge in [0, 0.05) is 24.3 Å². The molecule has 0 atom stereocenters. The van der Waals surface area contributed by atoms with E-state index in [1.165, 1.54) is 6.07 Å². The van der Waals surface area contributed by atoms with E-state index in [0.29, 0.717) is 29.3 Å². The minimum atomic E-state index is -4.95. The van der Waals surface area contributed by atoms with Crippen LogP contribution < -0.4 is 34.9 Å². The second-order valence-electron chi connectivity index (χ2n) is 8.00. The SMILES string of the molecule is CCN=C1C=CC(=C(c2ccc(NCC)c(C)c2)c2ccc(S(=O)(=O)[O-])cc2S(=O)(=O)O)C=C1C.[H-].[Na+]. The Morgan fingerprint density at radius 2 is 1.75 bits per heavy atom. The molecule has 0 bridgehead atoms. The van der Waals surface area contributed by atoms with Crippen LogP contribution in [0.2, 0.25) is 0 Å². The van der Waals surface area contributed by atoms with Crippen LogP contribution in [0.4, 0.5) is 5.69 Å². The summed E-state index contributed by atoms with van der Waals surface area (Å²) in [5.74, 6) is 0. The third-order valence-corrected chi connectivity index (χ3v) is 7.21. The first-order valence-electron chi connectivity index (χ1n) is 10.9. The number of benzene rings is 2. The van der Waals surface area contributed by atoms with Crippen LogP contribution in [0.3, 0.4) is 0 Å². The molecular weight excluding hydrogens is 511 g/mol. The molecule has 11 heteroatoms. The van der Waals surface area contributed by atoms with Crippen LogP contribution in [0.25, 0.3) is 5.57 Å². The fraction of sp³-hybridized carbons (Fsp3) is 0.240. The first-order valence-corrected chi connectivity index (χ1v) is 13.8. The van der Waals surface area contributed by atoms with E-state index in [-0.39, 0.29) is 36.5 Å². The Kier molecular flexibility index (Phi) is 10.1. The van der Waals surface area contributed by atoms with Crippen molar-refractivity contribution >= 4 is 37.2 Å². The number of nitrogens with one attached hydrogen (secondary N) is 1. The zero-order chi connectivity index (χ0) is 26.0. The van der Waals surface area contributed by atoms with Crippen molar-refractivity contribution in [1.29, 1.82) is 0 Å². The van der Waals surface area contributed by atoms with Crippen LogP contribution in [0, 0.1) is 6.92 Å². The Bertz CT molecular complexity index is 1510. The molecule has 8 nitrogen and oxygen atoms in total. The summed E-state index contributed by atoms with van der Waals surface area (Å²) < 4.78 is 69.3. The number of aryl methyl sites for hydroxylation is 1. The predicted octanol–water partition coefficient (Wildman–Crippen LogP) is 1.47. The molecule has 2 N–H and O–H groups in total. The predicted molar refractivity (Wildman–Crippen MR) is 138 cm³/mol. The van der Waals surface area contributed by atoms with Crippen molar-refractivity contribution in [3.8, 4) is 0 Å². The van der Waals surface area contributed by atoms with Gasteiger partial charge in [-0.1, -0.05) is 18.2 Å². The van der Waals surface area contributed by atoms with E-state index in [0.717, 1.165) is 35.1 Å². The van der Waals surface area contributed by atoms with Gasteiger partial charge in [-0.15, -0.1) is 0 Å². The van der Waals surface area contributed by atoms with Crippen molar-refractivity contribution in [1.82, 2.24) is 0 Å². The van der Waals surface area contributed by atoms with Crippen LogP contribution in [0.5, 0.6) is 0 Å². The van der Waals surface area contributed by atoms with Crippen LogP contribution in [0.1, 0.15) is 38.9 Å². The molecule has 1 aliphatic carbocycles. The van der Waals surface area contributed by atoms with Crippen LogP contribution in [-0.4, -0.2) is 44.7 Å². The molecule has 0 aromatic heterocycles. The quantitative estimate of drug-likeness (QED) is 0.402. The van der Waals surface area contributed by atoms with Crippen molar-refractivity contribution in [3.63, 3.8) is 0 Å². The van der Waals surface area contributed by atoms with Gasteiger partial charge in [-0.2, -0.15) is 8.42 Å². The Morgan fingerprint density at radius 3 is 2.28 bits per heavy atom.